The molecular formula is C31H38N2O2S. The highest BCUT2D eigenvalue weighted by Gasteiger charge is 2.40. The molecule has 2 aromatic rings. The molecule has 190 valence electrons. The Morgan fingerprint density at radius 3 is 2.42 bits per heavy atom. The number of amides is 2. The van der Waals surface area contributed by atoms with Gasteiger partial charge in [0.05, 0.1) is 4.91 Å². The third-order valence-corrected chi connectivity index (χ3v) is 9.43. The number of hydrogen-bond donors (Lipinski definition) is 0. The Labute approximate surface area is 220 Å². The SMILES string of the molecule is Cc1ccccc1CN1C(=O)/C(=C\c2ccc(C(=O)N3CC(C)CC(C)C3)cc2)SC2CCCCC21. The largest absolute Gasteiger partial charge is 0.338 e. The number of likely N-dealkylation sites (tertiary alicyclic amines) is 1. The van der Waals surface area contributed by atoms with Gasteiger partial charge in [0.2, 0.25) is 0 Å². The molecule has 0 N–H and O–H groups in total. The van der Waals surface area contributed by atoms with Crippen molar-refractivity contribution in [3.05, 3.63) is 75.7 Å². The lowest BCUT2D eigenvalue weighted by atomic mass is 9.91. The van der Waals surface area contributed by atoms with Gasteiger partial charge in [-0.3, -0.25) is 9.59 Å². The first-order valence-electron chi connectivity index (χ1n) is 13.5. The van der Waals surface area contributed by atoms with E-state index >= 15 is 0 Å². The van der Waals surface area contributed by atoms with Crippen LogP contribution in [-0.4, -0.2) is 46.0 Å². The van der Waals surface area contributed by atoms with Crippen LogP contribution in [0.25, 0.3) is 6.08 Å². The van der Waals surface area contributed by atoms with Crippen LogP contribution >= 0.6 is 11.8 Å². The van der Waals surface area contributed by atoms with E-state index in [1.165, 1.54) is 30.4 Å². The fourth-order valence-electron chi connectivity index (χ4n) is 6.22. The summed E-state index contributed by atoms with van der Waals surface area (Å²) in [5.41, 5.74) is 4.17. The van der Waals surface area contributed by atoms with Crippen molar-refractivity contribution < 1.29 is 9.59 Å². The predicted octanol–water partition coefficient (Wildman–Crippen LogP) is 6.54. The summed E-state index contributed by atoms with van der Waals surface area (Å²) >= 11 is 1.77. The van der Waals surface area contributed by atoms with Gasteiger partial charge in [-0.05, 0) is 72.9 Å². The monoisotopic (exact) mass is 502 g/mol. The van der Waals surface area contributed by atoms with Crippen molar-refractivity contribution in [1.29, 1.82) is 0 Å². The van der Waals surface area contributed by atoms with Gasteiger partial charge in [-0.2, -0.15) is 0 Å². The van der Waals surface area contributed by atoms with E-state index in [-0.39, 0.29) is 11.8 Å². The van der Waals surface area contributed by atoms with E-state index in [0.717, 1.165) is 42.0 Å². The lowest BCUT2D eigenvalue weighted by Gasteiger charge is -2.44. The molecular weight excluding hydrogens is 464 g/mol. The van der Waals surface area contributed by atoms with E-state index in [1.807, 2.05) is 35.2 Å². The molecule has 5 heteroatoms. The lowest BCUT2D eigenvalue weighted by molar-refractivity contribution is -0.130. The number of aryl methyl sites for hydroxylation is 1. The second-order valence-electron chi connectivity index (χ2n) is 11.2. The van der Waals surface area contributed by atoms with Crippen LogP contribution in [0, 0.1) is 18.8 Å². The van der Waals surface area contributed by atoms with Crippen LogP contribution in [0.5, 0.6) is 0 Å². The Kier molecular flexibility index (Phi) is 7.57. The van der Waals surface area contributed by atoms with E-state index in [4.69, 9.17) is 0 Å². The Balaban J connectivity index is 1.35. The van der Waals surface area contributed by atoms with E-state index < -0.39 is 0 Å². The summed E-state index contributed by atoms with van der Waals surface area (Å²) in [5.74, 6) is 1.34. The van der Waals surface area contributed by atoms with Crippen LogP contribution in [0.1, 0.15) is 73.0 Å². The molecule has 4 nitrogen and oxygen atoms in total. The summed E-state index contributed by atoms with van der Waals surface area (Å²) in [6, 6.07) is 16.5. The standard InChI is InChI=1S/C31H38N2O2S/c1-21-16-22(2)19-32(18-21)30(34)25-14-12-24(13-15-25)17-29-31(35)33(20-26-9-5-4-8-23(26)3)27-10-6-7-11-28(27)36-29/h4-5,8-9,12-15,17,21-22,27-28H,6-7,10-11,16,18-20H2,1-3H3/b29-17+. The van der Waals surface area contributed by atoms with Gasteiger partial charge in [0.15, 0.2) is 0 Å². The molecule has 1 aliphatic carbocycles. The molecule has 3 fully saturated rings. The van der Waals surface area contributed by atoms with Crippen LogP contribution < -0.4 is 0 Å². The predicted molar refractivity (Wildman–Crippen MR) is 149 cm³/mol. The van der Waals surface area contributed by atoms with Gasteiger partial charge in [0.25, 0.3) is 11.8 Å². The first-order chi connectivity index (χ1) is 17.4. The molecule has 1 saturated carbocycles. The van der Waals surface area contributed by atoms with E-state index in [9.17, 15) is 9.59 Å². The van der Waals surface area contributed by atoms with Gasteiger partial charge in [-0.1, -0.05) is 63.1 Å². The smallest absolute Gasteiger partial charge is 0.260 e. The summed E-state index contributed by atoms with van der Waals surface area (Å²) in [6.07, 6.45) is 7.89. The topological polar surface area (TPSA) is 40.6 Å². The number of fused-ring (bicyclic) bond motifs is 1. The van der Waals surface area contributed by atoms with Crippen molar-refractivity contribution in [2.45, 2.75) is 70.7 Å². The van der Waals surface area contributed by atoms with Crippen molar-refractivity contribution in [1.82, 2.24) is 9.80 Å². The quantitative estimate of drug-likeness (QED) is 0.446. The molecule has 2 aromatic carbocycles. The fraction of sp³-hybridized carbons (Fsp3) is 0.484. The zero-order chi connectivity index (χ0) is 25.2. The summed E-state index contributed by atoms with van der Waals surface area (Å²) in [7, 11) is 0. The fourth-order valence-corrected chi connectivity index (χ4v) is 7.69. The van der Waals surface area contributed by atoms with Crippen LogP contribution in [0.2, 0.25) is 0 Å². The highest BCUT2D eigenvalue weighted by Crippen LogP contribution is 2.43. The van der Waals surface area contributed by atoms with E-state index in [0.29, 0.717) is 29.7 Å². The van der Waals surface area contributed by atoms with Crippen LogP contribution in [0.4, 0.5) is 0 Å². The first-order valence-corrected chi connectivity index (χ1v) is 14.4. The van der Waals surface area contributed by atoms with Gasteiger partial charge in [-0.15, -0.1) is 11.8 Å². The second kappa shape index (κ2) is 10.8. The summed E-state index contributed by atoms with van der Waals surface area (Å²) in [4.78, 5) is 31.8. The van der Waals surface area contributed by atoms with Crippen LogP contribution in [-0.2, 0) is 11.3 Å². The number of carbonyl (C=O) groups excluding carboxylic acids is 2. The van der Waals surface area contributed by atoms with Crippen LogP contribution in [0.3, 0.4) is 0 Å². The number of carbonyl (C=O) groups is 2. The third kappa shape index (κ3) is 5.41. The normalized spacial score (nSPS) is 27.8. The minimum atomic E-state index is 0.116. The molecule has 0 aromatic heterocycles. The molecule has 4 unspecified atom stereocenters. The molecule has 2 saturated heterocycles. The molecule has 4 atom stereocenters. The maximum Gasteiger partial charge on any atom is 0.260 e. The van der Waals surface area contributed by atoms with Crippen molar-refractivity contribution in [2.24, 2.45) is 11.8 Å². The highest BCUT2D eigenvalue weighted by atomic mass is 32.2. The van der Waals surface area contributed by atoms with Crippen molar-refractivity contribution in [3.63, 3.8) is 0 Å². The Bertz CT molecular complexity index is 1130. The molecule has 36 heavy (non-hydrogen) atoms. The van der Waals surface area contributed by atoms with Gasteiger partial charge in [0.1, 0.15) is 0 Å². The molecule has 2 amide bonds. The molecule has 0 radical (unpaired) electrons. The zero-order valence-corrected chi connectivity index (χ0v) is 22.6. The number of rotatable bonds is 4. The maximum atomic E-state index is 13.7. The minimum absolute atomic E-state index is 0.116. The number of piperidine rings is 1. The summed E-state index contributed by atoms with van der Waals surface area (Å²) in [6.45, 7) is 8.91. The molecule has 3 aliphatic rings. The Morgan fingerprint density at radius 2 is 1.69 bits per heavy atom. The van der Waals surface area contributed by atoms with Gasteiger partial charge >= 0.3 is 0 Å². The summed E-state index contributed by atoms with van der Waals surface area (Å²) < 4.78 is 0. The maximum absolute atomic E-state index is 13.7. The number of nitrogens with zero attached hydrogens (tertiary/aromatic N) is 2. The summed E-state index contributed by atoms with van der Waals surface area (Å²) in [5, 5.41) is 0.454. The Hall–Kier alpha value is -2.53. The number of thioether (sulfide) groups is 1. The Morgan fingerprint density at radius 1 is 1.00 bits per heavy atom. The van der Waals surface area contributed by atoms with Crippen molar-refractivity contribution in [2.75, 3.05) is 13.1 Å². The van der Waals surface area contributed by atoms with Crippen molar-refractivity contribution in [3.8, 4) is 0 Å². The van der Waals surface area contributed by atoms with Gasteiger partial charge in [0, 0.05) is 36.5 Å². The average Bonchev–Trinajstić information content (AvgIpc) is 2.87. The van der Waals surface area contributed by atoms with Crippen LogP contribution in [0.15, 0.2) is 53.4 Å². The van der Waals surface area contributed by atoms with Gasteiger partial charge < -0.3 is 9.80 Å². The van der Waals surface area contributed by atoms with Gasteiger partial charge in [-0.25, -0.2) is 0 Å². The minimum Gasteiger partial charge on any atom is -0.338 e. The molecule has 0 spiro atoms. The number of hydrogen-bond acceptors (Lipinski definition) is 3. The zero-order valence-electron chi connectivity index (χ0n) is 21.8. The molecule has 2 aliphatic heterocycles. The first kappa shape index (κ1) is 25.1. The second-order valence-corrected chi connectivity index (χ2v) is 12.4. The van der Waals surface area contributed by atoms with Crippen molar-refractivity contribution >= 4 is 29.7 Å². The molecule has 5 rings (SSSR count). The van der Waals surface area contributed by atoms with E-state index in [2.05, 4.69) is 49.9 Å². The van der Waals surface area contributed by atoms with E-state index in [1.54, 1.807) is 11.8 Å². The lowest BCUT2D eigenvalue weighted by Crippen LogP contribution is -2.50. The third-order valence-electron chi connectivity index (χ3n) is 8.03. The molecule has 0 bridgehead atoms. The average molecular weight is 503 g/mol. The molecule has 2 heterocycles. The number of benzene rings is 2. The highest BCUT2D eigenvalue weighted by molar-refractivity contribution is 8.04.